The van der Waals surface area contributed by atoms with Crippen molar-refractivity contribution in [1.29, 1.82) is 0 Å². The van der Waals surface area contributed by atoms with Crippen molar-refractivity contribution in [2.75, 3.05) is 26.3 Å². The molecule has 0 unspecified atom stereocenters. The van der Waals surface area contributed by atoms with Gasteiger partial charge in [0.1, 0.15) is 6.04 Å². The number of carboxylic acid groups (broad SMARTS) is 1. The number of nitrogens with zero attached hydrogens (tertiary/aromatic N) is 1. The number of amides is 2. The monoisotopic (exact) mass is 852 g/mol. The van der Waals surface area contributed by atoms with Gasteiger partial charge in [-0.05, 0) is 103 Å². The fourth-order valence-corrected chi connectivity index (χ4v) is 7.01. The summed E-state index contributed by atoms with van der Waals surface area (Å²) in [6.07, 6.45) is 0.343. The molecule has 1 aromatic rings. The molecule has 160 valence electrons. The van der Waals surface area contributed by atoms with E-state index in [2.05, 4.69) is 95.7 Å². The number of morpholine rings is 1. The summed E-state index contributed by atoms with van der Waals surface area (Å²) in [7, 11) is 0. The first kappa shape index (κ1) is 25.8. The van der Waals surface area contributed by atoms with E-state index in [-0.39, 0.29) is 11.8 Å². The summed E-state index contributed by atoms with van der Waals surface area (Å²) >= 11 is 8.31. The van der Waals surface area contributed by atoms with Crippen molar-refractivity contribution in [3.8, 4) is 0 Å². The number of ether oxygens (including phenoxy) is 1. The van der Waals surface area contributed by atoms with Crippen LogP contribution in [0, 0.1) is 20.2 Å². The molecule has 1 saturated heterocycles. The maximum atomic E-state index is 13.1. The van der Waals surface area contributed by atoms with Crippen molar-refractivity contribution in [3.63, 3.8) is 0 Å². The van der Waals surface area contributed by atoms with E-state index >= 15 is 0 Å². The lowest BCUT2D eigenvalue weighted by atomic mass is 10.0. The van der Waals surface area contributed by atoms with Gasteiger partial charge < -0.3 is 20.1 Å². The second-order valence-electron chi connectivity index (χ2n) is 6.90. The molecule has 0 bridgehead atoms. The topological polar surface area (TPSA) is 95.9 Å². The standard InChI is InChI=1S/C18H20I4N2O5/c1-8(2)7-9(18(27)28)23-16(25)10-12(19)14(21)11(15(22)13(10)20)17(26)24-3-5-29-6-4-24/h8-9H,3-7H2,1-2H3,(H,23,25)(H,27,28)/t9-/m0/s1. The number of carboxylic acids is 1. The highest BCUT2D eigenvalue weighted by molar-refractivity contribution is 14.1. The Kier molecular flexibility index (Phi) is 10.1. The van der Waals surface area contributed by atoms with Gasteiger partial charge >= 0.3 is 5.97 Å². The van der Waals surface area contributed by atoms with Crippen molar-refractivity contribution in [2.24, 2.45) is 5.92 Å². The minimum atomic E-state index is -1.06. The summed E-state index contributed by atoms with van der Waals surface area (Å²) in [6.45, 7) is 5.92. The molecule has 1 atom stereocenters. The summed E-state index contributed by atoms with van der Waals surface area (Å²) in [5.41, 5.74) is 0.990. The van der Waals surface area contributed by atoms with Crippen molar-refractivity contribution >= 4 is 108 Å². The van der Waals surface area contributed by atoms with Gasteiger partial charge in [0.05, 0.1) is 24.3 Å². The van der Waals surface area contributed by atoms with Gasteiger partial charge in [-0.3, -0.25) is 9.59 Å². The van der Waals surface area contributed by atoms with Gasteiger partial charge in [0.25, 0.3) is 11.8 Å². The molecule has 2 amide bonds. The number of benzene rings is 1. The van der Waals surface area contributed by atoms with Gasteiger partial charge in [-0.15, -0.1) is 0 Å². The molecule has 1 fully saturated rings. The van der Waals surface area contributed by atoms with Crippen LogP contribution in [0.1, 0.15) is 41.0 Å². The first-order valence-electron chi connectivity index (χ1n) is 8.82. The van der Waals surface area contributed by atoms with E-state index in [0.29, 0.717) is 58.1 Å². The third-order valence-corrected chi connectivity index (χ3v) is 10.7. The lowest BCUT2D eigenvalue weighted by Gasteiger charge is -2.28. The smallest absolute Gasteiger partial charge is 0.326 e. The van der Waals surface area contributed by atoms with Crippen LogP contribution in [0.3, 0.4) is 0 Å². The SMILES string of the molecule is CC(C)C[C@H](NC(=O)c1c(I)c(I)c(C(=O)N2CCOCC2)c(I)c1I)C(=O)O. The molecule has 0 aromatic heterocycles. The number of carbonyl (C=O) groups excluding carboxylic acids is 2. The highest BCUT2D eigenvalue weighted by Gasteiger charge is 2.31. The summed E-state index contributed by atoms with van der Waals surface area (Å²) in [5.74, 6) is -1.44. The maximum absolute atomic E-state index is 13.1. The van der Waals surface area contributed by atoms with Gasteiger partial charge in [-0.1, -0.05) is 13.8 Å². The molecule has 2 N–H and O–H groups in total. The summed E-state index contributed by atoms with van der Waals surface area (Å²) < 4.78 is 8.02. The van der Waals surface area contributed by atoms with E-state index in [9.17, 15) is 19.5 Å². The first-order valence-corrected chi connectivity index (χ1v) is 13.1. The predicted octanol–water partition coefficient (Wildman–Crippen LogP) is 3.81. The molecule has 1 aliphatic rings. The van der Waals surface area contributed by atoms with Crippen LogP contribution in [-0.4, -0.2) is 60.1 Å². The Morgan fingerprint density at radius 2 is 1.48 bits per heavy atom. The fourth-order valence-electron chi connectivity index (χ4n) is 2.87. The van der Waals surface area contributed by atoms with E-state index in [1.807, 2.05) is 13.8 Å². The average molecular weight is 852 g/mol. The largest absolute Gasteiger partial charge is 0.480 e. The molecule has 11 heteroatoms. The van der Waals surface area contributed by atoms with Crippen LogP contribution in [0.5, 0.6) is 0 Å². The van der Waals surface area contributed by atoms with Crippen LogP contribution in [-0.2, 0) is 9.53 Å². The predicted molar refractivity (Wildman–Crippen MR) is 142 cm³/mol. The zero-order valence-corrected chi connectivity index (χ0v) is 24.4. The van der Waals surface area contributed by atoms with E-state index in [0.717, 1.165) is 0 Å². The van der Waals surface area contributed by atoms with Crippen molar-refractivity contribution in [1.82, 2.24) is 10.2 Å². The van der Waals surface area contributed by atoms with Crippen molar-refractivity contribution in [3.05, 3.63) is 25.4 Å². The quantitative estimate of drug-likeness (QED) is 0.336. The van der Waals surface area contributed by atoms with Crippen LogP contribution in [0.25, 0.3) is 0 Å². The molecule has 1 heterocycles. The molecule has 0 spiro atoms. The highest BCUT2D eigenvalue weighted by Crippen LogP contribution is 2.34. The van der Waals surface area contributed by atoms with Crippen LogP contribution in [0.4, 0.5) is 0 Å². The van der Waals surface area contributed by atoms with Crippen molar-refractivity contribution in [2.45, 2.75) is 26.3 Å². The van der Waals surface area contributed by atoms with E-state index < -0.39 is 17.9 Å². The van der Waals surface area contributed by atoms with Crippen LogP contribution < -0.4 is 5.32 Å². The van der Waals surface area contributed by atoms with Gasteiger partial charge in [0, 0.05) is 27.4 Å². The van der Waals surface area contributed by atoms with E-state index in [1.54, 1.807) is 4.90 Å². The Hall–Kier alpha value is 0.510. The Balaban J connectivity index is 2.41. The number of hydrogen-bond acceptors (Lipinski definition) is 4. The third-order valence-electron chi connectivity index (χ3n) is 4.31. The van der Waals surface area contributed by atoms with Crippen LogP contribution >= 0.6 is 90.4 Å². The first-order chi connectivity index (χ1) is 13.6. The molecule has 2 rings (SSSR count). The van der Waals surface area contributed by atoms with Crippen molar-refractivity contribution < 1.29 is 24.2 Å². The molecular formula is C18H20I4N2O5. The van der Waals surface area contributed by atoms with Crippen LogP contribution in [0.15, 0.2) is 0 Å². The third kappa shape index (κ3) is 6.27. The molecule has 0 radical (unpaired) electrons. The number of rotatable bonds is 6. The lowest BCUT2D eigenvalue weighted by Crippen LogP contribution is -2.43. The molecule has 29 heavy (non-hydrogen) atoms. The average Bonchev–Trinajstić information content (AvgIpc) is 2.66. The zero-order valence-electron chi connectivity index (χ0n) is 15.7. The molecule has 0 aliphatic carbocycles. The normalized spacial score (nSPS) is 15.3. The Morgan fingerprint density at radius 3 is 1.93 bits per heavy atom. The summed E-state index contributed by atoms with van der Waals surface area (Å²) in [5, 5.41) is 12.1. The van der Waals surface area contributed by atoms with Crippen LogP contribution in [0.2, 0.25) is 0 Å². The Morgan fingerprint density at radius 1 is 1.00 bits per heavy atom. The number of hydrogen-bond donors (Lipinski definition) is 2. The number of halogens is 4. The van der Waals surface area contributed by atoms with Gasteiger partial charge in [-0.25, -0.2) is 4.79 Å². The minimum absolute atomic E-state index is 0.0758. The molecule has 0 saturated carbocycles. The second-order valence-corrected chi connectivity index (χ2v) is 11.2. The minimum Gasteiger partial charge on any atom is -0.480 e. The highest BCUT2D eigenvalue weighted by atomic mass is 127. The zero-order chi connectivity index (χ0) is 21.9. The van der Waals surface area contributed by atoms with E-state index in [4.69, 9.17) is 4.74 Å². The summed E-state index contributed by atoms with van der Waals surface area (Å²) in [6, 6.07) is -0.959. The van der Waals surface area contributed by atoms with Gasteiger partial charge in [-0.2, -0.15) is 0 Å². The van der Waals surface area contributed by atoms with Gasteiger partial charge in [0.2, 0.25) is 0 Å². The molecule has 7 nitrogen and oxygen atoms in total. The Labute approximate surface area is 224 Å². The summed E-state index contributed by atoms with van der Waals surface area (Å²) in [4.78, 5) is 39.4. The molecule has 1 aliphatic heterocycles. The maximum Gasteiger partial charge on any atom is 0.326 e. The lowest BCUT2D eigenvalue weighted by molar-refractivity contribution is -0.139. The number of carbonyl (C=O) groups is 3. The number of aliphatic carboxylic acids is 1. The Bertz CT molecular complexity index is 796. The van der Waals surface area contributed by atoms with E-state index in [1.165, 1.54) is 0 Å². The molecule has 1 aromatic carbocycles. The number of nitrogens with one attached hydrogen (secondary N) is 1. The van der Waals surface area contributed by atoms with Gasteiger partial charge in [0.15, 0.2) is 0 Å². The molecular weight excluding hydrogens is 832 g/mol. The fraction of sp³-hybridized carbons (Fsp3) is 0.500. The second kappa shape index (κ2) is 11.4.